The molecule has 0 aliphatic heterocycles. The van der Waals surface area contributed by atoms with Gasteiger partial charge in [0.1, 0.15) is 0 Å². The minimum Gasteiger partial charge on any atom is -0.438 e. The van der Waals surface area contributed by atoms with Crippen LogP contribution in [-0.2, 0) is 4.74 Å². The molecule has 0 atom stereocenters. The summed E-state index contributed by atoms with van der Waals surface area (Å²) in [6.45, 7) is 2.39. The van der Waals surface area contributed by atoms with Gasteiger partial charge in [0.25, 0.3) is 0 Å². The first kappa shape index (κ1) is 10.6. The van der Waals surface area contributed by atoms with E-state index in [1.165, 1.54) is 0 Å². The second-order valence-electron chi connectivity index (χ2n) is 2.55. The highest BCUT2D eigenvalue weighted by Crippen LogP contribution is 2.08. The van der Waals surface area contributed by atoms with Crippen LogP contribution in [0.2, 0.25) is 5.02 Å². The normalized spacial score (nSPS) is 8.71. The Labute approximate surface area is 88.4 Å². The molecule has 14 heavy (non-hydrogen) atoms. The van der Waals surface area contributed by atoms with Crippen molar-refractivity contribution in [1.29, 1.82) is 0 Å². The number of benzene rings is 1. The van der Waals surface area contributed by atoms with Gasteiger partial charge in [-0.3, -0.25) is 0 Å². The zero-order valence-electron chi connectivity index (χ0n) is 7.88. The van der Waals surface area contributed by atoms with Crippen molar-refractivity contribution in [3.05, 3.63) is 34.9 Å². The van der Waals surface area contributed by atoms with E-state index in [9.17, 15) is 0 Å². The molecule has 0 spiro atoms. The van der Waals surface area contributed by atoms with Crippen molar-refractivity contribution < 1.29 is 10.1 Å². The minimum absolute atomic E-state index is 0.238. The summed E-state index contributed by atoms with van der Waals surface area (Å²) >= 11 is 5.72. The van der Waals surface area contributed by atoms with Crippen LogP contribution in [0.3, 0.4) is 0 Å². The fourth-order valence-electron chi connectivity index (χ4n) is 0.859. The first-order valence-corrected chi connectivity index (χ1v) is 4.63. The van der Waals surface area contributed by atoms with Crippen LogP contribution in [0.1, 0.15) is 12.5 Å². The Hall–Kier alpha value is -1.46. The van der Waals surface area contributed by atoms with E-state index < -0.39 is 0 Å². The van der Waals surface area contributed by atoms with E-state index in [1.54, 1.807) is 12.1 Å². The lowest BCUT2D eigenvalue weighted by atomic mass is 10.2. The first-order chi connectivity index (χ1) is 6.72. The number of nitrogens with two attached hydrogens (primary N) is 1. The SMILES string of the molecule is CCOC(=[NH2+])C#Cc1ccc(Cl)cc1. The molecule has 0 fully saturated rings. The van der Waals surface area contributed by atoms with Crippen LogP contribution in [0, 0.1) is 11.8 Å². The van der Waals surface area contributed by atoms with E-state index in [0.29, 0.717) is 11.6 Å². The molecular weight excluding hydrogens is 198 g/mol. The summed E-state index contributed by atoms with van der Waals surface area (Å²) in [5, 5.41) is 6.15. The molecule has 0 aliphatic carbocycles. The molecule has 0 heterocycles. The summed E-state index contributed by atoms with van der Waals surface area (Å²) in [5.41, 5.74) is 0.858. The van der Waals surface area contributed by atoms with E-state index in [-0.39, 0.29) is 5.90 Å². The summed E-state index contributed by atoms with van der Waals surface area (Å²) in [6, 6.07) is 7.22. The van der Waals surface area contributed by atoms with Gasteiger partial charge in [0, 0.05) is 10.6 Å². The summed E-state index contributed by atoms with van der Waals surface area (Å²) in [5.74, 6) is 5.80. The second-order valence-corrected chi connectivity index (χ2v) is 2.99. The Morgan fingerprint density at radius 3 is 2.64 bits per heavy atom. The fraction of sp³-hybridized carbons (Fsp3) is 0.182. The maximum Gasteiger partial charge on any atom is 0.414 e. The van der Waals surface area contributed by atoms with Gasteiger partial charge in [-0.15, -0.1) is 0 Å². The quantitative estimate of drug-likeness (QED) is 0.415. The lowest BCUT2D eigenvalue weighted by Crippen LogP contribution is -2.40. The predicted octanol–water partition coefficient (Wildman–Crippen LogP) is 0.886. The summed E-state index contributed by atoms with van der Waals surface area (Å²) in [6.07, 6.45) is 0. The summed E-state index contributed by atoms with van der Waals surface area (Å²) in [7, 11) is 0. The molecule has 0 unspecified atom stereocenters. The summed E-state index contributed by atoms with van der Waals surface area (Å²) < 4.78 is 4.98. The van der Waals surface area contributed by atoms with Gasteiger partial charge in [-0.2, -0.15) is 0 Å². The van der Waals surface area contributed by atoms with Gasteiger partial charge >= 0.3 is 5.90 Å². The maximum absolute atomic E-state index is 5.72. The van der Waals surface area contributed by atoms with Gasteiger partial charge in [-0.25, -0.2) is 5.41 Å². The van der Waals surface area contributed by atoms with Gasteiger partial charge in [-0.05, 0) is 31.2 Å². The van der Waals surface area contributed by atoms with Crippen LogP contribution < -0.4 is 5.41 Å². The van der Waals surface area contributed by atoms with Gasteiger partial charge in [0.15, 0.2) is 0 Å². The largest absolute Gasteiger partial charge is 0.438 e. The molecular formula is C11H11ClNO+. The molecule has 2 nitrogen and oxygen atoms in total. The van der Waals surface area contributed by atoms with Crippen molar-refractivity contribution in [3.8, 4) is 11.8 Å². The number of hydrogen-bond acceptors (Lipinski definition) is 1. The van der Waals surface area contributed by atoms with Gasteiger partial charge < -0.3 is 4.74 Å². The van der Waals surface area contributed by atoms with Crippen molar-refractivity contribution in [2.75, 3.05) is 6.61 Å². The molecule has 0 amide bonds. The van der Waals surface area contributed by atoms with E-state index in [1.807, 2.05) is 19.1 Å². The Morgan fingerprint density at radius 2 is 2.07 bits per heavy atom. The summed E-state index contributed by atoms with van der Waals surface area (Å²) in [4.78, 5) is 0. The van der Waals surface area contributed by atoms with Gasteiger partial charge in [-0.1, -0.05) is 17.5 Å². The van der Waals surface area contributed by atoms with Gasteiger partial charge in [0.2, 0.25) is 0 Å². The Bertz CT molecular complexity index is 373. The zero-order chi connectivity index (χ0) is 10.4. The molecule has 0 saturated carbocycles. The molecule has 0 aromatic heterocycles. The minimum atomic E-state index is 0.238. The van der Waals surface area contributed by atoms with Crippen LogP contribution in [0.25, 0.3) is 0 Å². The smallest absolute Gasteiger partial charge is 0.414 e. The molecule has 3 heteroatoms. The van der Waals surface area contributed by atoms with Crippen molar-refractivity contribution in [3.63, 3.8) is 0 Å². The zero-order valence-corrected chi connectivity index (χ0v) is 8.64. The average Bonchev–Trinajstić information content (AvgIpc) is 2.17. The fourth-order valence-corrected chi connectivity index (χ4v) is 0.985. The first-order valence-electron chi connectivity index (χ1n) is 4.25. The van der Waals surface area contributed by atoms with E-state index >= 15 is 0 Å². The Balaban J connectivity index is 2.68. The maximum atomic E-state index is 5.72. The van der Waals surface area contributed by atoms with Crippen LogP contribution in [0.4, 0.5) is 0 Å². The third kappa shape index (κ3) is 3.51. The lowest BCUT2D eigenvalue weighted by Gasteiger charge is -1.91. The lowest BCUT2D eigenvalue weighted by molar-refractivity contribution is -0.136. The highest BCUT2D eigenvalue weighted by molar-refractivity contribution is 6.30. The Kier molecular flexibility index (Phi) is 4.03. The molecule has 1 aromatic carbocycles. The van der Waals surface area contributed by atoms with Crippen molar-refractivity contribution in [1.82, 2.24) is 0 Å². The molecule has 0 saturated heterocycles. The van der Waals surface area contributed by atoms with E-state index in [4.69, 9.17) is 21.7 Å². The molecule has 2 N–H and O–H groups in total. The van der Waals surface area contributed by atoms with Crippen LogP contribution in [0.15, 0.2) is 24.3 Å². The Morgan fingerprint density at radius 1 is 1.43 bits per heavy atom. The molecule has 0 aliphatic rings. The van der Waals surface area contributed by atoms with Crippen molar-refractivity contribution in [2.45, 2.75) is 6.92 Å². The third-order valence-corrected chi connectivity index (χ3v) is 1.73. The molecule has 0 bridgehead atoms. The highest BCUT2D eigenvalue weighted by Gasteiger charge is 1.94. The van der Waals surface area contributed by atoms with E-state index in [2.05, 4.69) is 11.8 Å². The number of halogens is 1. The molecule has 1 rings (SSSR count). The molecule has 0 radical (unpaired) electrons. The van der Waals surface area contributed by atoms with E-state index in [0.717, 1.165) is 5.56 Å². The monoisotopic (exact) mass is 208 g/mol. The third-order valence-electron chi connectivity index (χ3n) is 1.47. The van der Waals surface area contributed by atoms with Crippen LogP contribution in [0.5, 0.6) is 0 Å². The average molecular weight is 209 g/mol. The number of hydrogen-bond donors (Lipinski definition) is 1. The standard InChI is InChI=1S/C11H10ClNO/c1-2-14-11(13)8-5-9-3-6-10(12)7-4-9/h3-4,6-7,13H,2H2,1H3/p+1. The number of ether oxygens (including phenoxy) is 1. The van der Waals surface area contributed by atoms with Crippen molar-refractivity contribution in [2.24, 2.45) is 0 Å². The molecule has 1 aromatic rings. The highest BCUT2D eigenvalue weighted by atomic mass is 35.5. The number of rotatable bonds is 1. The van der Waals surface area contributed by atoms with Crippen molar-refractivity contribution >= 4 is 17.5 Å². The topological polar surface area (TPSA) is 34.8 Å². The predicted molar refractivity (Wildman–Crippen MR) is 56.9 cm³/mol. The van der Waals surface area contributed by atoms with Gasteiger partial charge in [0.05, 0.1) is 12.5 Å². The van der Waals surface area contributed by atoms with Crippen LogP contribution >= 0.6 is 11.6 Å². The molecule has 72 valence electrons. The second kappa shape index (κ2) is 5.31. The van der Waals surface area contributed by atoms with Crippen LogP contribution in [-0.4, -0.2) is 12.5 Å².